The summed E-state index contributed by atoms with van der Waals surface area (Å²) in [6.07, 6.45) is 1.33. The molecule has 0 spiro atoms. The second kappa shape index (κ2) is 9.13. The third-order valence-electron chi connectivity index (χ3n) is 4.52. The summed E-state index contributed by atoms with van der Waals surface area (Å²) in [4.78, 5) is 12.4. The lowest BCUT2D eigenvalue weighted by Gasteiger charge is -2.08. The molecule has 0 aliphatic carbocycles. The quantitative estimate of drug-likeness (QED) is 0.615. The number of hydrogen-bond acceptors (Lipinski definition) is 3. The monoisotopic (exact) mass is 400 g/mol. The molecule has 0 amide bonds. The van der Waals surface area contributed by atoms with Gasteiger partial charge in [-0.3, -0.25) is 4.79 Å². The van der Waals surface area contributed by atoms with Crippen molar-refractivity contribution in [3.05, 3.63) is 81.9 Å². The molecule has 2 aromatic carbocycles. The first-order chi connectivity index (χ1) is 13.5. The van der Waals surface area contributed by atoms with Crippen LogP contribution in [0.1, 0.15) is 28.9 Å². The summed E-state index contributed by atoms with van der Waals surface area (Å²) >= 11 is 6.08. The Morgan fingerprint density at radius 3 is 2.71 bits per heavy atom. The van der Waals surface area contributed by atoms with Crippen molar-refractivity contribution in [1.29, 1.82) is 0 Å². The van der Waals surface area contributed by atoms with Crippen LogP contribution in [-0.4, -0.2) is 27.3 Å². The smallest absolute Gasteiger partial charge is 0.137 e. The van der Waals surface area contributed by atoms with Gasteiger partial charge in [0, 0.05) is 30.2 Å². The Hall–Kier alpha value is -2.50. The van der Waals surface area contributed by atoms with Gasteiger partial charge in [-0.1, -0.05) is 29.8 Å². The van der Waals surface area contributed by atoms with Crippen molar-refractivity contribution in [2.45, 2.75) is 32.6 Å². The maximum absolute atomic E-state index is 14.0. The van der Waals surface area contributed by atoms with E-state index in [1.54, 1.807) is 22.9 Å². The SMILES string of the molecule is Cc1cc(CCC(=O)Cc2ccc(CCO)c(F)c2)n(-c2cccc(Cl)c2)n1. The van der Waals surface area contributed by atoms with E-state index in [0.29, 0.717) is 29.0 Å². The molecule has 28 heavy (non-hydrogen) atoms. The Labute approximate surface area is 168 Å². The largest absolute Gasteiger partial charge is 0.396 e. The fraction of sp³-hybridized carbons (Fsp3) is 0.273. The molecule has 1 aromatic heterocycles. The van der Waals surface area contributed by atoms with Crippen LogP contribution in [0.25, 0.3) is 5.69 Å². The van der Waals surface area contributed by atoms with Crippen LogP contribution in [0.4, 0.5) is 4.39 Å². The average Bonchev–Trinajstić information content (AvgIpc) is 3.03. The van der Waals surface area contributed by atoms with Gasteiger partial charge in [-0.2, -0.15) is 5.10 Å². The fourth-order valence-corrected chi connectivity index (χ4v) is 3.35. The van der Waals surface area contributed by atoms with Gasteiger partial charge in [0.15, 0.2) is 0 Å². The van der Waals surface area contributed by atoms with Crippen molar-refractivity contribution in [2.24, 2.45) is 0 Å². The molecule has 0 fully saturated rings. The predicted molar refractivity (Wildman–Crippen MR) is 108 cm³/mol. The highest BCUT2D eigenvalue weighted by atomic mass is 35.5. The second-order valence-electron chi connectivity index (χ2n) is 6.78. The number of hydrogen-bond donors (Lipinski definition) is 1. The van der Waals surface area contributed by atoms with Gasteiger partial charge in [-0.15, -0.1) is 0 Å². The first kappa shape index (κ1) is 20.2. The minimum atomic E-state index is -0.381. The van der Waals surface area contributed by atoms with Crippen molar-refractivity contribution in [2.75, 3.05) is 6.61 Å². The number of halogens is 2. The minimum Gasteiger partial charge on any atom is -0.396 e. The van der Waals surface area contributed by atoms with Crippen LogP contribution in [0, 0.1) is 12.7 Å². The van der Waals surface area contributed by atoms with E-state index < -0.39 is 0 Å². The zero-order chi connectivity index (χ0) is 20.1. The van der Waals surface area contributed by atoms with Gasteiger partial charge in [0.05, 0.1) is 11.4 Å². The molecule has 0 radical (unpaired) electrons. The van der Waals surface area contributed by atoms with E-state index in [4.69, 9.17) is 16.7 Å². The number of carbonyl (C=O) groups is 1. The van der Waals surface area contributed by atoms with Crippen LogP contribution in [0.3, 0.4) is 0 Å². The summed E-state index contributed by atoms with van der Waals surface area (Å²) in [6, 6.07) is 14.1. The van der Waals surface area contributed by atoms with Crippen molar-refractivity contribution in [1.82, 2.24) is 9.78 Å². The van der Waals surface area contributed by atoms with Gasteiger partial charge in [-0.05, 0) is 61.2 Å². The first-order valence-corrected chi connectivity index (χ1v) is 9.55. The molecule has 0 unspecified atom stereocenters. The van der Waals surface area contributed by atoms with Crippen molar-refractivity contribution < 1.29 is 14.3 Å². The second-order valence-corrected chi connectivity index (χ2v) is 7.22. The number of ketones is 1. The van der Waals surface area contributed by atoms with E-state index >= 15 is 0 Å². The number of carbonyl (C=O) groups excluding carboxylic acids is 1. The number of aliphatic hydroxyl groups excluding tert-OH is 1. The summed E-state index contributed by atoms with van der Waals surface area (Å²) in [5, 5.41) is 14.0. The molecule has 6 heteroatoms. The minimum absolute atomic E-state index is 0.0332. The molecule has 1 heterocycles. The van der Waals surface area contributed by atoms with E-state index in [1.807, 2.05) is 31.2 Å². The molecule has 0 saturated heterocycles. The number of aromatic nitrogens is 2. The summed E-state index contributed by atoms with van der Waals surface area (Å²) in [7, 11) is 0. The van der Waals surface area contributed by atoms with E-state index in [1.165, 1.54) is 6.07 Å². The Kier molecular flexibility index (Phi) is 6.60. The highest BCUT2D eigenvalue weighted by Gasteiger charge is 2.12. The van der Waals surface area contributed by atoms with Crippen LogP contribution in [0.2, 0.25) is 5.02 Å². The van der Waals surface area contributed by atoms with Crippen molar-refractivity contribution in [3.63, 3.8) is 0 Å². The maximum Gasteiger partial charge on any atom is 0.137 e. The van der Waals surface area contributed by atoms with Gasteiger partial charge in [0.25, 0.3) is 0 Å². The lowest BCUT2D eigenvalue weighted by atomic mass is 10.0. The van der Waals surface area contributed by atoms with Crippen molar-refractivity contribution in [3.8, 4) is 5.69 Å². The summed E-state index contributed by atoms with van der Waals surface area (Å²) in [5.74, 6) is -0.347. The zero-order valence-corrected chi connectivity index (χ0v) is 16.4. The topological polar surface area (TPSA) is 55.1 Å². The Bertz CT molecular complexity index is 984. The number of rotatable bonds is 8. The summed E-state index contributed by atoms with van der Waals surface area (Å²) < 4.78 is 15.8. The maximum atomic E-state index is 14.0. The summed E-state index contributed by atoms with van der Waals surface area (Å²) in [5.41, 5.74) is 3.74. The average molecular weight is 401 g/mol. The zero-order valence-electron chi connectivity index (χ0n) is 15.7. The molecule has 3 rings (SSSR count). The molecule has 0 saturated carbocycles. The lowest BCUT2D eigenvalue weighted by molar-refractivity contribution is -0.118. The number of aliphatic hydroxyl groups is 1. The molecule has 0 bridgehead atoms. The molecule has 146 valence electrons. The Morgan fingerprint density at radius 2 is 2.00 bits per heavy atom. The Balaban J connectivity index is 1.66. The number of nitrogens with zero attached hydrogens (tertiary/aromatic N) is 2. The Morgan fingerprint density at radius 1 is 1.18 bits per heavy atom. The van der Waals surface area contributed by atoms with Crippen LogP contribution >= 0.6 is 11.6 Å². The third-order valence-corrected chi connectivity index (χ3v) is 4.75. The summed E-state index contributed by atoms with van der Waals surface area (Å²) in [6.45, 7) is 1.80. The molecule has 0 atom stereocenters. The third kappa shape index (κ3) is 5.06. The molecule has 4 nitrogen and oxygen atoms in total. The van der Waals surface area contributed by atoms with Gasteiger partial charge < -0.3 is 5.11 Å². The number of Topliss-reactive ketones (excluding diaryl/α,β-unsaturated/α-hetero) is 1. The predicted octanol–water partition coefficient (Wildman–Crippen LogP) is 4.25. The van der Waals surface area contributed by atoms with Crippen LogP contribution in [0.5, 0.6) is 0 Å². The molecule has 1 N–H and O–H groups in total. The lowest BCUT2D eigenvalue weighted by Crippen LogP contribution is -2.08. The van der Waals surface area contributed by atoms with Crippen molar-refractivity contribution >= 4 is 17.4 Å². The molecule has 0 aliphatic rings. The number of aryl methyl sites for hydroxylation is 2. The number of benzene rings is 2. The van der Waals surface area contributed by atoms with E-state index in [-0.39, 0.29) is 31.0 Å². The van der Waals surface area contributed by atoms with Crippen LogP contribution in [-0.2, 0) is 24.1 Å². The molecular formula is C22H22ClFN2O2. The first-order valence-electron chi connectivity index (χ1n) is 9.17. The van der Waals surface area contributed by atoms with Gasteiger partial charge in [-0.25, -0.2) is 9.07 Å². The van der Waals surface area contributed by atoms with Gasteiger partial charge in [0.1, 0.15) is 11.6 Å². The molecular weight excluding hydrogens is 379 g/mol. The van der Waals surface area contributed by atoms with Gasteiger partial charge in [0.2, 0.25) is 0 Å². The van der Waals surface area contributed by atoms with E-state index in [2.05, 4.69) is 5.10 Å². The van der Waals surface area contributed by atoms with Crippen LogP contribution in [0.15, 0.2) is 48.5 Å². The highest BCUT2D eigenvalue weighted by molar-refractivity contribution is 6.30. The van der Waals surface area contributed by atoms with E-state index in [9.17, 15) is 9.18 Å². The fourth-order valence-electron chi connectivity index (χ4n) is 3.17. The molecule has 3 aromatic rings. The van der Waals surface area contributed by atoms with E-state index in [0.717, 1.165) is 17.1 Å². The van der Waals surface area contributed by atoms with Gasteiger partial charge >= 0.3 is 0 Å². The van der Waals surface area contributed by atoms with Crippen LogP contribution < -0.4 is 0 Å². The highest BCUT2D eigenvalue weighted by Crippen LogP contribution is 2.19. The molecule has 0 aliphatic heterocycles. The standard InChI is InChI=1S/C22H22ClFN2O2/c1-15-11-20(26(25-15)19-4-2-3-18(23)14-19)7-8-21(28)12-16-5-6-17(9-10-27)22(24)13-16/h2-6,11,13-14,27H,7-10,12H2,1H3. The normalized spacial score (nSPS) is 11.0.